The Bertz CT molecular complexity index is 855. The third kappa shape index (κ3) is 4.45. The number of carbonyl (C=O) groups is 1. The maximum absolute atomic E-state index is 12.4. The number of aryl methyl sites for hydroxylation is 1. The maximum atomic E-state index is 12.4. The van der Waals surface area contributed by atoms with Crippen molar-refractivity contribution in [3.8, 4) is 5.75 Å². The fourth-order valence-electron chi connectivity index (χ4n) is 2.30. The van der Waals surface area contributed by atoms with Crippen molar-refractivity contribution in [3.05, 3.63) is 77.7 Å². The van der Waals surface area contributed by atoms with Gasteiger partial charge in [0.05, 0.1) is 5.69 Å². The smallest absolute Gasteiger partial charge is 0.291 e. The highest BCUT2D eigenvalue weighted by molar-refractivity contribution is 7.98. The van der Waals surface area contributed by atoms with Crippen molar-refractivity contribution in [2.45, 2.75) is 18.4 Å². The number of thioether (sulfide) groups is 1. The molecule has 0 unspecified atom stereocenters. The van der Waals surface area contributed by atoms with Crippen LogP contribution in [0.4, 0.5) is 5.69 Å². The summed E-state index contributed by atoms with van der Waals surface area (Å²) in [7, 11) is 0. The summed E-state index contributed by atoms with van der Waals surface area (Å²) in [4.78, 5) is 13.4. The van der Waals surface area contributed by atoms with Gasteiger partial charge in [0.15, 0.2) is 5.76 Å². The quantitative estimate of drug-likeness (QED) is 0.623. The molecule has 0 aliphatic carbocycles. The van der Waals surface area contributed by atoms with Gasteiger partial charge in [0.2, 0.25) is 0 Å². The van der Waals surface area contributed by atoms with Crippen LogP contribution >= 0.6 is 11.8 Å². The van der Waals surface area contributed by atoms with Crippen LogP contribution in [0.15, 0.2) is 70.0 Å². The van der Waals surface area contributed by atoms with Gasteiger partial charge in [-0.2, -0.15) is 0 Å². The first-order chi connectivity index (χ1) is 12.2. The topological polar surface area (TPSA) is 51.5 Å². The molecule has 0 saturated carbocycles. The summed E-state index contributed by atoms with van der Waals surface area (Å²) in [6.07, 6.45) is 1.97. The SMILES string of the molecule is CSc1ccccc1NC(=O)c1ccc(COc2ccc(C)cc2)o1. The third-order valence-electron chi connectivity index (χ3n) is 3.64. The van der Waals surface area contributed by atoms with Crippen LogP contribution in [0, 0.1) is 6.92 Å². The first-order valence-electron chi connectivity index (χ1n) is 7.88. The summed E-state index contributed by atoms with van der Waals surface area (Å²) >= 11 is 1.58. The molecule has 0 saturated heterocycles. The zero-order valence-electron chi connectivity index (χ0n) is 14.1. The van der Waals surface area contributed by atoms with Crippen LogP contribution < -0.4 is 10.1 Å². The van der Waals surface area contributed by atoms with Crippen LogP contribution in [0.5, 0.6) is 5.75 Å². The first kappa shape index (κ1) is 17.2. The van der Waals surface area contributed by atoms with Crippen LogP contribution in [0.25, 0.3) is 0 Å². The summed E-state index contributed by atoms with van der Waals surface area (Å²) in [5.41, 5.74) is 1.95. The second-order valence-electron chi connectivity index (χ2n) is 5.52. The molecular weight excluding hydrogens is 334 g/mol. The second kappa shape index (κ2) is 7.94. The van der Waals surface area contributed by atoms with E-state index in [2.05, 4.69) is 5.32 Å². The molecule has 1 amide bonds. The van der Waals surface area contributed by atoms with Crippen LogP contribution in [0.2, 0.25) is 0 Å². The highest BCUT2D eigenvalue weighted by atomic mass is 32.2. The summed E-state index contributed by atoms with van der Waals surface area (Å²) in [5.74, 6) is 1.35. The minimum Gasteiger partial charge on any atom is -0.486 e. The van der Waals surface area contributed by atoms with Gasteiger partial charge in [-0.05, 0) is 49.6 Å². The van der Waals surface area contributed by atoms with Crippen molar-refractivity contribution >= 4 is 23.4 Å². The van der Waals surface area contributed by atoms with E-state index >= 15 is 0 Å². The van der Waals surface area contributed by atoms with Crippen LogP contribution in [0.3, 0.4) is 0 Å². The number of para-hydroxylation sites is 1. The number of anilines is 1. The number of ether oxygens (including phenoxy) is 1. The number of amides is 1. The van der Waals surface area contributed by atoms with Crippen LogP contribution in [0.1, 0.15) is 21.9 Å². The number of nitrogens with one attached hydrogen (secondary N) is 1. The van der Waals surface area contributed by atoms with Gasteiger partial charge in [-0.15, -0.1) is 11.8 Å². The fourth-order valence-corrected chi connectivity index (χ4v) is 2.85. The van der Waals surface area contributed by atoms with E-state index in [0.717, 1.165) is 16.3 Å². The number of hydrogen-bond donors (Lipinski definition) is 1. The van der Waals surface area contributed by atoms with E-state index in [-0.39, 0.29) is 18.3 Å². The molecule has 1 heterocycles. The molecule has 0 radical (unpaired) electrons. The van der Waals surface area contributed by atoms with Crippen LogP contribution in [-0.2, 0) is 6.61 Å². The van der Waals surface area contributed by atoms with Crippen molar-refractivity contribution in [2.75, 3.05) is 11.6 Å². The van der Waals surface area contributed by atoms with Gasteiger partial charge < -0.3 is 14.5 Å². The molecule has 4 nitrogen and oxygen atoms in total. The number of benzene rings is 2. The third-order valence-corrected chi connectivity index (χ3v) is 4.44. The summed E-state index contributed by atoms with van der Waals surface area (Å²) in [6, 6.07) is 18.9. The predicted molar refractivity (Wildman–Crippen MR) is 100 cm³/mol. The molecule has 128 valence electrons. The molecule has 2 aromatic carbocycles. The molecule has 1 aromatic heterocycles. The highest BCUT2D eigenvalue weighted by Crippen LogP contribution is 2.25. The molecule has 0 aliphatic heterocycles. The lowest BCUT2D eigenvalue weighted by Crippen LogP contribution is -2.11. The van der Waals surface area contributed by atoms with E-state index in [4.69, 9.17) is 9.15 Å². The highest BCUT2D eigenvalue weighted by Gasteiger charge is 2.13. The predicted octanol–water partition coefficient (Wildman–Crippen LogP) is 5.14. The van der Waals surface area contributed by atoms with Gasteiger partial charge in [-0.3, -0.25) is 4.79 Å². The molecule has 0 fully saturated rings. The lowest BCUT2D eigenvalue weighted by atomic mass is 10.2. The minimum absolute atomic E-state index is 0.262. The maximum Gasteiger partial charge on any atom is 0.291 e. The van der Waals surface area contributed by atoms with Gasteiger partial charge in [0.25, 0.3) is 5.91 Å². The van der Waals surface area contributed by atoms with E-state index < -0.39 is 0 Å². The van der Waals surface area contributed by atoms with Gasteiger partial charge in [-0.25, -0.2) is 0 Å². The molecule has 3 aromatic rings. The first-order valence-corrected chi connectivity index (χ1v) is 9.11. The summed E-state index contributed by atoms with van der Waals surface area (Å²) in [6.45, 7) is 2.30. The Morgan fingerprint density at radius 1 is 1.08 bits per heavy atom. The Morgan fingerprint density at radius 3 is 2.60 bits per heavy atom. The molecule has 0 bridgehead atoms. The molecule has 0 aliphatic rings. The van der Waals surface area contributed by atoms with E-state index in [1.165, 1.54) is 5.56 Å². The number of rotatable bonds is 6. The minimum atomic E-state index is -0.275. The lowest BCUT2D eigenvalue weighted by Gasteiger charge is -2.07. The number of furan rings is 1. The van der Waals surface area contributed by atoms with Gasteiger partial charge in [0, 0.05) is 4.90 Å². The molecule has 3 rings (SSSR count). The largest absolute Gasteiger partial charge is 0.486 e. The van der Waals surface area contributed by atoms with E-state index in [0.29, 0.717) is 5.76 Å². The normalized spacial score (nSPS) is 10.5. The fraction of sp³-hybridized carbons (Fsp3) is 0.150. The average Bonchev–Trinajstić information content (AvgIpc) is 3.11. The summed E-state index contributed by atoms with van der Waals surface area (Å²) < 4.78 is 11.3. The van der Waals surface area contributed by atoms with Gasteiger partial charge in [0.1, 0.15) is 18.1 Å². The van der Waals surface area contributed by atoms with Gasteiger partial charge >= 0.3 is 0 Å². The monoisotopic (exact) mass is 353 g/mol. The number of hydrogen-bond acceptors (Lipinski definition) is 4. The Kier molecular flexibility index (Phi) is 5.46. The van der Waals surface area contributed by atoms with E-state index in [9.17, 15) is 4.79 Å². The standard InChI is InChI=1S/C20H19NO3S/c1-14-7-9-15(10-8-14)23-13-16-11-12-18(24-16)20(22)21-17-5-3-4-6-19(17)25-2/h3-12H,13H2,1-2H3,(H,21,22). The molecule has 25 heavy (non-hydrogen) atoms. The number of carbonyl (C=O) groups excluding carboxylic acids is 1. The second-order valence-corrected chi connectivity index (χ2v) is 6.37. The Hall–Kier alpha value is -2.66. The zero-order valence-corrected chi connectivity index (χ0v) is 14.9. The summed E-state index contributed by atoms with van der Waals surface area (Å²) in [5, 5.41) is 2.88. The Morgan fingerprint density at radius 2 is 1.84 bits per heavy atom. The molecular formula is C20H19NO3S. The zero-order chi connectivity index (χ0) is 17.6. The van der Waals surface area contributed by atoms with E-state index in [1.807, 2.05) is 61.7 Å². The van der Waals surface area contributed by atoms with Crippen molar-refractivity contribution in [1.29, 1.82) is 0 Å². The Labute approximate surface area is 151 Å². The van der Waals surface area contributed by atoms with Gasteiger partial charge in [-0.1, -0.05) is 29.8 Å². The van der Waals surface area contributed by atoms with Crippen LogP contribution in [-0.4, -0.2) is 12.2 Å². The molecule has 0 spiro atoms. The molecule has 0 atom stereocenters. The molecule has 1 N–H and O–H groups in total. The van der Waals surface area contributed by atoms with Crippen molar-refractivity contribution in [3.63, 3.8) is 0 Å². The average molecular weight is 353 g/mol. The van der Waals surface area contributed by atoms with Crippen molar-refractivity contribution in [2.24, 2.45) is 0 Å². The van der Waals surface area contributed by atoms with Crippen molar-refractivity contribution < 1.29 is 13.9 Å². The van der Waals surface area contributed by atoms with E-state index in [1.54, 1.807) is 23.9 Å². The Balaban J connectivity index is 1.62. The lowest BCUT2D eigenvalue weighted by molar-refractivity contribution is 0.0992. The molecule has 5 heteroatoms. The van der Waals surface area contributed by atoms with Crippen molar-refractivity contribution in [1.82, 2.24) is 0 Å².